The SMILES string of the molecule is Cc1ncsc1C[O]. The van der Waals surface area contributed by atoms with Gasteiger partial charge in [-0.25, -0.2) is 10.1 Å². The third-order valence-electron chi connectivity index (χ3n) is 0.976. The van der Waals surface area contributed by atoms with Crippen LogP contribution in [-0.2, 0) is 11.7 Å². The van der Waals surface area contributed by atoms with Crippen LogP contribution in [0.2, 0.25) is 0 Å². The summed E-state index contributed by atoms with van der Waals surface area (Å²) in [5.74, 6) is 0. The maximum atomic E-state index is 10.2. The number of rotatable bonds is 1. The molecule has 1 heterocycles. The highest BCUT2D eigenvalue weighted by Gasteiger charge is 1.96. The van der Waals surface area contributed by atoms with Crippen molar-refractivity contribution in [1.29, 1.82) is 0 Å². The van der Waals surface area contributed by atoms with E-state index in [1.807, 2.05) is 6.92 Å². The number of hydrogen-bond donors (Lipinski definition) is 0. The van der Waals surface area contributed by atoms with Crippen molar-refractivity contribution in [2.45, 2.75) is 13.5 Å². The predicted molar refractivity (Wildman–Crippen MR) is 31.2 cm³/mol. The van der Waals surface area contributed by atoms with Gasteiger partial charge in [0.25, 0.3) is 0 Å². The van der Waals surface area contributed by atoms with Crippen LogP contribution in [0.4, 0.5) is 0 Å². The fourth-order valence-corrected chi connectivity index (χ4v) is 1.09. The lowest BCUT2D eigenvalue weighted by atomic mass is 10.4. The second kappa shape index (κ2) is 2.24. The normalized spacial score (nSPS) is 9.75. The monoisotopic (exact) mass is 128 g/mol. The number of aryl methyl sites for hydroxylation is 1. The maximum Gasteiger partial charge on any atom is 0.118 e. The van der Waals surface area contributed by atoms with Gasteiger partial charge in [-0.2, -0.15) is 0 Å². The van der Waals surface area contributed by atoms with Gasteiger partial charge in [0.15, 0.2) is 0 Å². The van der Waals surface area contributed by atoms with E-state index in [9.17, 15) is 5.11 Å². The number of thiazole rings is 1. The quantitative estimate of drug-likeness (QED) is 0.562. The van der Waals surface area contributed by atoms with Crippen LogP contribution in [0.5, 0.6) is 0 Å². The smallest absolute Gasteiger partial charge is 0.118 e. The highest BCUT2D eigenvalue weighted by molar-refractivity contribution is 7.09. The average Bonchev–Trinajstić information content (AvgIpc) is 2.14. The van der Waals surface area contributed by atoms with Crippen LogP contribution >= 0.6 is 11.3 Å². The first kappa shape index (κ1) is 5.72. The van der Waals surface area contributed by atoms with Gasteiger partial charge in [-0.15, -0.1) is 11.3 Å². The van der Waals surface area contributed by atoms with E-state index in [1.165, 1.54) is 11.3 Å². The van der Waals surface area contributed by atoms with E-state index >= 15 is 0 Å². The van der Waals surface area contributed by atoms with Crippen LogP contribution in [0.15, 0.2) is 5.51 Å². The first-order valence-electron chi connectivity index (χ1n) is 2.31. The molecule has 3 heteroatoms. The molecule has 0 N–H and O–H groups in total. The van der Waals surface area contributed by atoms with Crippen LogP contribution < -0.4 is 0 Å². The van der Waals surface area contributed by atoms with Gasteiger partial charge in [0.05, 0.1) is 16.1 Å². The molecule has 2 nitrogen and oxygen atoms in total. The van der Waals surface area contributed by atoms with E-state index in [0.29, 0.717) is 0 Å². The Morgan fingerprint density at radius 1 is 1.88 bits per heavy atom. The van der Waals surface area contributed by atoms with Gasteiger partial charge >= 0.3 is 0 Å². The topological polar surface area (TPSA) is 32.8 Å². The summed E-state index contributed by atoms with van der Waals surface area (Å²) in [4.78, 5) is 4.76. The Hall–Kier alpha value is -0.410. The van der Waals surface area contributed by atoms with Gasteiger partial charge in [-0.1, -0.05) is 0 Å². The summed E-state index contributed by atoms with van der Waals surface area (Å²) in [5, 5.41) is 10.2. The van der Waals surface area contributed by atoms with Crippen molar-refractivity contribution in [3.63, 3.8) is 0 Å². The molecule has 0 saturated carbocycles. The summed E-state index contributed by atoms with van der Waals surface area (Å²) in [6.45, 7) is 1.72. The minimum Gasteiger partial charge on any atom is -0.250 e. The summed E-state index contributed by atoms with van der Waals surface area (Å²) in [6, 6.07) is 0. The Balaban J connectivity index is 2.92. The zero-order valence-corrected chi connectivity index (χ0v) is 5.36. The Kier molecular flexibility index (Phi) is 1.60. The average molecular weight is 128 g/mol. The predicted octanol–water partition coefficient (Wildman–Crippen LogP) is 1.38. The molecule has 0 aliphatic heterocycles. The molecule has 1 radical (unpaired) electrons. The first-order valence-corrected chi connectivity index (χ1v) is 3.19. The van der Waals surface area contributed by atoms with E-state index in [0.717, 1.165) is 10.6 Å². The maximum absolute atomic E-state index is 10.2. The highest BCUT2D eigenvalue weighted by atomic mass is 32.1. The lowest BCUT2D eigenvalue weighted by Crippen LogP contribution is -1.78. The van der Waals surface area contributed by atoms with Gasteiger partial charge in [0.2, 0.25) is 0 Å². The molecule has 0 fully saturated rings. The van der Waals surface area contributed by atoms with Crippen molar-refractivity contribution < 1.29 is 5.11 Å². The summed E-state index contributed by atoms with van der Waals surface area (Å²) >= 11 is 1.43. The van der Waals surface area contributed by atoms with Crippen molar-refractivity contribution in [2.24, 2.45) is 0 Å². The fourth-order valence-electron chi connectivity index (χ4n) is 0.465. The largest absolute Gasteiger partial charge is 0.250 e. The summed E-state index contributed by atoms with van der Waals surface area (Å²) in [5.41, 5.74) is 2.58. The zero-order valence-electron chi connectivity index (χ0n) is 4.55. The third-order valence-corrected chi connectivity index (χ3v) is 1.88. The van der Waals surface area contributed by atoms with Crippen molar-refractivity contribution in [2.75, 3.05) is 0 Å². The van der Waals surface area contributed by atoms with Gasteiger partial charge in [0.1, 0.15) is 6.61 Å². The summed E-state index contributed by atoms with van der Waals surface area (Å²) in [6.07, 6.45) is 0. The van der Waals surface area contributed by atoms with Crippen molar-refractivity contribution in [3.8, 4) is 0 Å². The molecule has 0 aromatic carbocycles. The molecule has 0 spiro atoms. The van der Waals surface area contributed by atoms with Crippen LogP contribution in [0, 0.1) is 6.92 Å². The lowest BCUT2D eigenvalue weighted by Gasteiger charge is -1.83. The second-order valence-electron chi connectivity index (χ2n) is 1.51. The molecule has 1 aromatic rings. The van der Waals surface area contributed by atoms with Crippen molar-refractivity contribution >= 4 is 11.3 Å². The molecule has 1 rings (SSSR count). The molecule has 43 valence electrons. The van der Waals surface area contributed by atoms with E-state index in [-0.39, 0.29) is 6.61 Å². The number of hydrogen-bond acceptors (Lipinski definition) is 2. The Morgan fingerprint density at radius 3 is 2.88 bits per heavy atom. The highest BCUT2D eigenvalue weighted by Crippen LogP contribution is 2.10. The Bertz CT molecular complexity index is 173. The molecule has 8 heavy (non-hydrogen) atoms. The summed E-state index contributed by atoms with van der Waals surface area (Å²) in [7, 11) is 0. The third kappa shape index (κ3) is 0.877. The lowest BCUT2D eigenvalue weighted by molar-refractivity contribution is 0.180. The molecule has 0 atom stereocenters. The molecule has 0 saturated heterocycles. The van der Waals surface area contributed by atoms with Gasteiger partial charge in [-0.3, -0.25) is 0 Å². The van der Waals surface area contributed by atoms with E-state index in [1.54, 1.807) is 5.51 Å². The van der Waals surface area contributed by atoms with Crippen LogP contribution in [-0.4, -0.2) is 4.98 Å². The molecular weight excluding hydrogens is 122 g/mol. The van der Waals surface area contributed by atoms with Gasteiger partial charge < -0.3 is 0 Å². The van der Waals surface area contributed by atoms with E-state index < -0.39 is 0 Å². The molecule has 0 unspecified atom stereocenters. The molecule has 1 aromatic heterocycles. The molecule has 0 amide bonds. The van der Waals surface area contributed by atoms with E-state index in [2.05, 4.69) is 4.98 Å². The minimum absolute atomic E-state index is 0.128. The molecular formula is C5H6NOS. The Labute approximate surface area is 51.8 Å². The van der Waals surface area contributed by atoms with Gasteiger partial charge in [-0.05, 0) is 6.92 Å². The minimum atomic E-state index is -0.128. The first-order chi connectivity index (χ1) is 3.84. The van der Waals surface area contributed by atoms with Gasteiger partial charge in [0, 0.05) is 0 Å². The molecule has 0 bridgehead atoms. The fraction of sp³-hybridized carbons (Fsp3) is 0.400. The van der Waals surface area contributed by atoms with Crippen molar-refractivity contribution in [1.82, 2.24) is 4.98 Å². The van der Waals surface area contributed by atoms with E-state index in [4.69, 9.17) is 0 Å². The van der Waals surface area contributed by atoms with Crippen LogP contribution in [0.3, 0.4) is 0 Å². The Morgan fingerprint density at radius 2 is 2.62 bits per heavy atom. The molecule has 0 aliphatic carbocycles. The number of aromatic nitrogens is 1. The van der Waals surface area contributed by atoms with Crippen LogP contribution in [0.1, 0.15) is 10.6 Å². The van der Waals surface area contributed by atoms with Crippen LogP contribution in [0.25, 0.3) is 0 Å². The second-order valence-corrected chi connectivity index (χ2v) is 2.44. The van der Waals surface area contributed by atoms with Crippen molar-refractivity contribution in [3.05, 3.63) is 16.1 Å². The summed E-state index contributed by atoms with van der Waals surface area (Å²) < 4.78 is 0. The standard InChI is InChI=1S/C5H6NOS/c1-4-5(2-7)8-3-6-4/h3H,2H2,1H3. The number of nitrogens with zero attached hydrogens (tertiary/aromatic N) is 1. The zero-order chi connectivity index (χ0) is 5.98. The molecule has 0 aliphatic rings.